The van der Waals surface area contributed by atoms with E-state index in [1.165, 1.54) is 0 Å². The number of fused-ring (bicyclic) bond motifs is 1. The Balaban J connectivity index is 2.89. The predicted octanol–water partition coefficient (Wildman–Crippen LogP) is 2.94. The number of aromatic nitrogens is 2. The number of rotatable bonds is 0. The molecule has 0 atom stereocenters. The fourth-order valence-electron chi connectivity index (χ4n) is 1.01. The molecule has 60 valence electrons. The summed E-state index contributed by atoms with van der Waals surface area (Å²) in [7, 11) is 0. The number of hydrogen-bond acceptors (Lipinski definition) is 2. The summed E-state index contributed by atoms with van der Waals surface area (Å²) in [6.45, 7) is 0. The van der Waals surface area contributed by atoms with Gasteiger partial charge in [-0.2, -0.15) is 0 Å². The quantitative estimate of drug-likeness (QED) is 0.609. The molecule has 2 heterocycles. The fraction of sp³-hybridized carbons (Fsp3) is 0. The Morgan fingerprint density at radius 1 is 1.25 bits per heavy atom. The second kappa shape index (κ2) is 2.88. The first-order valence-corrected chi connectivity index (χ1v) is 4.10. The molecule has 0 radical (unpaired) electrons. The lowest BCUT2D eigenvalue weighted by molar-refractivity contribution is 1.31. The minimum atomic E-state index is 0.345. The van der Waals surface area contributed by atoms with Gasteiger partial charge in [-0.05, 0) is 12.1 Å². The van der Waals surface area contributed by atoms with Crippen LogP contribution >= 0.6 is 23.2 Å². The molecular weight excluding hydrogens is 195 g/mol. The molecule has 2 aromatic heterocycles. The fourth-order valence-corrected chi connectivity index (χ4v) is 1.51. The van der Waals surface area contributed by atoms with E-state index >= 15 is 0 Å². The van der Waals surface area contributed by atoms with Gasteiger partial charge in [0.15, 0.2) is 5.15 Å². The SMILES string of the molecule is Clc1cc2cccnc2c(Cl)n1. The van der Waals surface area contributed by atoms with Gasteiger partial charge in [0.1, 0.15) is 10.7 Å². The van der Waals surface area contributed by atoms with E-state index in [1.807, 2.05) is 12.1 Å². The third kappa shape index (κ3) is 1.24. The van der Waals surface area contributed by atoms with Crippen LogP contribution in [0.15, 0.2) is 24.4 Å². The first-order valence-electron chi connectivity index (χ1n) is 3.34. The van der Waals surface area contributed by atoms with Crippen molar-refractivity contribution in [2.45, 2.75) is 0 Å². The summed E-state index contributed by atoms with van der Waals surface area (Å²) in [6, 6.07) is 5.45. The second-order valence-electron chi connectivity index (χ2n) is 2.31. The van der Waals surface area contributed by atoms with Gasteiger partial charge in [0, 0.05) is 11.6 Å². The van der Waals surface area contributed by atoms with Crippen molar-refractivity contribution < 1.29 is 0 Å². The van der Waals surface area contributed by atoms with Gasteiger partial charge < -0.3 is 0 Å². The Kier molecular flexibility index (Phi) is 1.87. The van der Waals surface area contributed by atoms with Gasteiger partial charge in [0.2, 0.25) is 0 Å². The summed E-state index contributed by atoms with van der Waals surface area (Å²) in [4.78, 5) is 7.94. The summed E-state index contributed by atoms with van der Waals surface area (Å²) in [5.74, 6) is 0. The summed E-state index contributed by atoms with van der Waals surface area (Å²) in [5, 5.41) is 1.64. The maximum Gasteiger partial charge on any atom is 0.156 e. The number of hydrogen-bond donors (Lipinski definition) is 0. The topological polar surface area (TPSA) is 25.8 Å². The molecule has 0 N–H and O–H groups in total. The van der Waals surface area contributed by atoms with Crippen LogP contribution in [0, 0.1) is 0 Å². The lowest BCUT2D eigenvalue weighted by Gasteiger charge is -1.97. The summed E-state index contributed by atoms with van der Waals surface area (Å²) >= 11 is 11.5. The van der Waals surface area contributed by atoms with Gasteiger partial charge in [0.25, 0.3) is 0 Å². The highest BCUT2D eigenvalue weighted by molar-refractivity contribution is 6.36. The molecular formula is C8H4Cl2N2. The summed E-state index contributed by atoms with van der Waals surface area (Å²) in [6.07, 6.45) is 1.67. The number of halogens is 2. The van der Waals surface area contributed by atoms with Crippen molar-refractivity contribution in [1.82, 2.24) is 9.97 Å². The Hall–Kier alpha value is -0.860. The van der Waals surface area contributed by atoms with Crippen LogP contribution in [0.2, 0.25) is 10.3 Å². The second-order valence-corrected chi connectivity index (χ2v) is 3.06. The maximum atomic E-state index is 5.80. The molecule has 2 nitrogen and oxygen atoms in total. The van der Waals surface area contributed by atoms with Gasteiger partial charge >= 0.3 is 0 Å². The normalized spacial score (nSPS) is 10.5. The van der Waals surface area contributed by atoms with E-state index in [9.17, 15) is 0 Å². The zero-order valence-corrected chi connectivity index (χ0v) is 7.47. The molecule has 0 fully saturated rings. The lowest BCUT2D eigenvalue weighted by Crippen LogP contribution is -1.83. The van der Waals surface area contributed by atoms with Crippen LogP contribution in [0.25, 0.3) is 10.9 Å². The van der Waals surface area contributed by atoms with Gasteiger partial charge in [-0.3, -0.25) is 4.98 Å². The molecule has 0 aliphatic carbocycles. The minimum Gasteiger partial charge on any atom is -0.253 e. The van der Waals surface area contributed by atoms with Crippen LogP contribution in [0.3, 0.4) is 0 Å². The molecule has 0 aromatic carbocycles. The van der Waals surface area contributed by atoms with Gasteiger partial charge in [-0.15, -0.1) is 0 Å². The molecule has 0 saturated heterocycles. The third-order valence-corrected chi connectivity index (χ3v) is 1.97. The zero-order valence-electron chi connectivity index (χ0n) is 5.96. The van der Waals surface area contributed by atoms with Crippen LogP contribution in [0.4, 0.5) is 0 Å². The average Bonchev–Trinajstić information content (AvgIpc) is 2.04. The van der Waals surface area contributed by atoms with Crippen LogP contribution in [-0.4, -0.2) is 9.97 Å². The lowest BCUT2D eigenvalue weighted by atomic mass is 10.3. The van der Waals surface area contributed by atoms with Crippen LogP contribution in [0.1, 0.15) is 0 Å². The van der Waals surface area contributed by atoms with Crippen molar-refractivity contribution in [2.24, 2.45) is 0 Å². The van der Waals surface area contributed by atoms with E-state index in [4.69, 9.17) is 23.2 Å². The Labute approximate surface area is 79.2 Å². The molecule has 0 bridgehead atoms. The van der Waals surface area contributed by atoms with Gasteiger partial charge in [-0.25, -0.2) is 4.98 Å². The van der Waals surface area contributed by atoms with Gasteiger partial charge in [0.05, 0.1) is 0 Å². The van der Waals surface area contributed by atoms with Crippen molar-refractivity contribution in [3.05, 3.63) is 34.7 Å². The smallest absolute Gasteiger partial charge is 0.156 e. The Morgan fingerprint density at radius 2 is 2.08 bits per heavy atom. The standard InChI is InChI=1S/C8H4Cl2N2/c9-6-4-5-2-1-3-11-7(5)8(10)12-6/h1-4H. The van der Waals surface area contributed by atoms with Crippen LogP contribution in [-0.2, 0) is 0 Å². The zero-order chi connectivity index (χ0) is 8.55. The molecule has 4 heteroatoms. The Morgan fingerprint density at radius 3 is 2.92 bits per heavy atom. The highest BCUT2D eigenvalue weighted by atomic mass is 35.5. The number of pyridine rings is 2. The highest BCUT2D eigenvalue weighted by Crippen LogP contribution is 2.21. The van der Waals surface area contributed by atoms with Crippen LogP contribution in [0.5, 0.6) is 0 Å². The molecule has 0 saturated carbocycles. The van der Waals surface area contributed by atoms with E-state index in [1.54, 1.807) is 12.3 Å². The van der Waals surface area contributed by atoms with E-state index in [0.29, 0.717) is 15.8 Å². The van der Waals surface area contributed by atoms with E-state index in [2.05, 4.69) is 9.97 Å². The van der Waals surface area contributed by atoms with Crippen molar-refractivity contribution in [2.75, 3.05) is 0 Å². The number of nitrogens with zero attached hydrogens (tertiary/aromatic N) is 2. The molecule has 12 heavy (non-hydrogen) atoms. The van der Waals surface area contributed by atoms with Crippen molar-refractivity contribution >= 4 is 34.1 Å². The molecule has 2 rings (SSSR count). The molecule has 0 amide bonds. The first kappa shape index (κ1) is 7.77. The summed E-state index contributed by atoms with van der Waals surface area (Å²) < 4.78 is 0. The maximum absolute atomic E-state index is 5.80. The predicted molar refractivity (Wildman–Crippen MR) is 49.6 cm³/mol. The molecule has 0 unspecified atom stereocenters. The molecule has 0 aliphatic heterocycles. The van der Waals surface area contributed by atoms with Crippen molar-refractivity contribution in [3.8, 4) is 0 Å². The van der Waals surface area contributed by atoms with E-state index < -0.39 is 0 Å². The van der Waals surface area contributed by atoms with Crippen molar-refractivity contribution in [1.29, 1.82) is 0 Å². The van der Waals surface area contributed by atoms with E-state index in [0.717, 1.165) is 5.39 Å². The Bertz CT molecular complexity index is 428. The van der Waals surface area contributed by atoms with Gasteiger partial charge in [-0.1, -0.05) is 29.3 Å². The molecule has 0 aliphatic rings. The molecule has 0 spiro atoms. The third-order valence-electron chi connectivity index (χ3n) is 1.51. The minimum absolute atomic E-state index is 0.345. The van der Waals surface area contributed by atoms with E-state index in [-0.39, 0.29) is 0 Å². The highest BCUT2D eigenvalue weighted by Gasteiger charge is 2.01. The van der Waals surface area contributed by atoms with Crippen molar-refractivity contribution in [3.63, 3.8) is 0 Å². The first-order chi connectivity index (χ1) is 5.77. The molecule has 2 aromatic rings. The summed E-state index contributed by atoms with van der Waals surface area (Å²) in [5.41, 5.74) is 0.684. The largest absolute Gasteiger partial charge is 0.253 e. The average molecular weight is 199 g/mol. The van der Waals surface area contributed by atoms with Crippen LogP contribution < -0.4 is 0 Å². The monoisotopic (exact) mass is 198 g/mol.